The molecule has 0 aliphatic rings. The molecule has 0 bridgehead atoms. The molecule has 0 unspecified atom stereocenters. The lowest BCUT2D eigenvalue weighted by Gasteiger charge is -1.97. The summed E-state index contributed by atoms with van der Waals surface area (Å²) in [5, 5.41) is 7.98. The largest absolute Gasteiger partial charge is 0.403 e. The van der Waals surface area contributed by atoms with E-state index in [9.17, 15) is 4.79 Å². The smallest absolute Gasteiger partial charge is 0.248 e. The number of amides is 1. The van der Waals surface area contributed by atoms with E-state index in [0.717, 1.165) is 22.3 Å². The van der Waals surface area contributed by atoms with E-state index in [0.29, 0.717) is 12.0 Å². The second-order valence-electron chi connectivity index (χ2n) is 3.95. The van der Waals surface area contributed by atoms with Crippen LogP contribution in [0.5, 0.6) is 0 Å². The normalized spacial score (nSPS) is 11.9. The van der Waals surface area contributed by atoms with Crippen LogP contribution in [0.1, 0.15) is 23.0 Å². The van der Waals surface area contributed by atoms with E-state index in [2.05, 4.69) is 10.2 Å². The highest BCUT2D eigenvalue weighted by Gasteiger charge is 2.07. The molecule has 5 nitrogen and oxygen atoms in total. The molecule has 0 saturated carbocycles. The number of rotatable bonds is 3. The molecule has 1 aromatic carbocycles. The van der Waals surface area contributed by atoms with Gasteiger partial charge in [0.15, 0.2) is 0 Å². The molecule has 0 spiro atoms. The van der Waals surface area contributed by atoms with Crippen molar-refractivity contribution in [3.8, 4) is 0 Å². The van der Waals surface area contributed by atoms with E-state index in [1.165, 1.54) is 0 Å². The molecule has 0 radical (unpaired) electrons. The first-order valence-corrected chi connectivity index (χ1v) is 5.27. The standard InChI is InChI=1S/C12H14N4O/c1-7(13)2-4-10-9-6-8(12(14)17)3-5-11(9)16-15-10/h2-3,5-6H,4,13H2,1H3,(H2,14,17)(H,15,16)/b7-2+. The van der Waals surface area contributed by atoms with Crippen molar-refractivity contribution in [2.45, 2.75) is 13.3 Å². The summed E-state index contributed by atoms with van der Waals surface area (Å²) < 4.78 is 0. The highest BCUT2D eigenvalue weighted by atomic mass is 16.1. The Labute approximate surface area is 98.5 Å². The molecule has 0 atom stereocenters. The molecule has 0 fully saturated rings. The van der Waals surface area contributed by atoms with Crippen molar-refractivity contribution in [3.05, 3.63) is 41.2 Å². The van der Waals surface area contributed by atoms with Gasteiger partial charge in [-0.3, -0.25) is 9.89 Å². The number of benzene rings is 1. The van der Waals surface area contributed by atoms with Gasteiger partial charge in [-0.15, -0.1) is 0 Å². The molecule has 1 heterocycles. The summed E-state index contributed by atoms with van der Waals surface area (Å²) in [5.41, 5.74) is 13.8. The molecular formula is C12H14N4O. The lowest BCUT2D eigenvalue weighted by atomic mass is 10.1. The fourth-order valence-electron chi connectivity index (χ4n) is 1.64. The van der Waals surface area contributed by atoms with Gasteiger partial charge in [-0.25, -0.2) is 0 Å². The Morgan fingerprint density at radius 3 is 2.88 bits per heavy atom. The molecule has 0 aliphatic heterocycles. The van der Waals surface area contributed by atoms with Gasteiger partial charge in [-0.1, -0.05) is 6.08 Å². The molecule has 5 N–H and O–H groups in total. The van der Waals surface area contributed by atoms with Crippen molar-refractivity contribution >= 4 is 16.8 Å². The number of fused-ring (bicyclic) bond motifs is 1. The summed E-state index contributed by atoms with van der Waals surface area (Å²) in [7, 11) is 0. The number of primary amides is 1. The summed E-state index contributed by atoms with van der Waals surface area (Å²) in [5.74, 6) is -0.440. The lowest BCUT2D eigenvalue weighted by molar-refractivity contribution is 0.100. The van der Waals surface area contributed by atoms with Crippen molar-refractivity contribution in [2.75, 3.05) is 0 Å². The number of hydrogen-bond acceptors (Lipinski definition) is 3. The molecule has 1 aromatic heterocycles. The van der Waals surface area contributed by atoms with Crippen molar-refractivity contribution < 1.29 is 4.79 Å². The minimum absolute atomic E-state index is 0.440. The first-order chi connectivity index (χ1) is 8.08. The number of carbonyl (C=O) groups is 1. The fraction of sp³-hybridized carbons (Fsp3) is 0.167. The summed E-state index contributed by atoms with van der Waals surface area (Å²) in [6, 6.07) is 5.18. The summed E-state index contributed by atoms with van der Waals surface area (Å²) in [6.07, 6.45) is 2.55. The van der Waals surface area contributed by atoms with Crippen molar-refractivity contribution in [3.63, 3.8) is 0 Å². The zero-order chi connectivity index (χ0) is 12.4. The molecule has 88 valence electrons. The van der Waals surface area contributed by atoms with E-state index < -0.39 is 5.91 Å². The van der Waals surface area contributed by atoms with Gasteiger partial charge in [0, 0.05) is 28.8 Å². The van der Waals surface area contributed by atoms with Crippen LogP contribution in [0.15, 0.2) is 30.0 Å². The highest BCUT2D eigenvalue weighted by Crippen LogP contribution is 2.18. The molecule has 17 heavy (non-hydrogen) atoms. The third kappa shape index (κ3) is 2.28. The van der Waals surface area contributed by atoms with Crippen LogP contribution in [0.3, 0.4) is 0 Å². The van der Waals surface area contributed by atoms with Gasteiger partial charge in [-0.2, -0.15) is 5.10 Å². The Balaban J connectivity index is 2.46. The quantitative estimate of drug-likeness (QED) is 0.735. The number of allylic oxidation sites excluding steroid dienone is 2. The molecule has 1 amide bonds. The third-order valence-corrected chi connectivity index (χ3v) is 2.55. The second-order valence-corrected chi connectivity index (χ2v) is 3.95. The number of carbonyl (C=O) groups excluding carboxylic acids is 1. The van der Waals surface area contributed by atoms with Crippen LogP contribution in [-0.4, -0.2) is 16.1 Å². The van der Waals surface area contributed by atoms with Crippen LogP contribution in [0.4, 0.5) is 0 Å². The molecule has 5 heteroatoms. The number of nitrogens with zero attached hydrogens (tertiary/aromatic N) is 1. The van der Waals surface area contributed by atoms with E-state index in [1.54, 1.807) is 18.2 Å². The van der Waals surface area contributed by atoms with E-state index in [4.69, 9.17) is 11.5 Å². The number of nitrogens with one attached hydrogen (secondary N) is 1. The van der Waals surface area contributed by atoms with Gasteiger partial charge >= 0.3 is 0 Å². The number of aromatic nitrogens is 2. The Morgan fingerprint density at radius 1 is 1.47 bits per heavy atom. The minimum atomic E-state index is -0.440. The van der Waals surface area contributed by atoms with Crippen molar-refractivity contribution in [1.29, 1.82) is 0 Å². The second kappa shape index (κ2) is 4.29. The minimum Gasteiger partial charge on any atom is -0.403 e. The fourth-order valence-corrected chi connectivity index (χ4v) is 1.64. The van der Waals surface area contributed by atoms with Gasteiger partial charge in [0.25, 0.3) is 0 Å². The molecule has 2 rings (SSSR count). The van der Waals surface area contributed by atoms with Crippen molar-refractivity contribution in [1.82, 2.24) is 10.2 Å². The van der Waals surface area contributed by atoms with Crippen LogP contribution in [-0.2, 0) is 6.42 Å². The average molecular weight is 230 g/mol. The van der Waals surface area contributed by atoms with Crippen LogP contribution in [0, 0.1) is 0 Å². The third-order valence-electron chi connectivity index (χ3n) is 2.55. The Kier molecular flexibility index (Phi) is 2.82. The maximum absolute atomic E-state index is 11.1. The monoisotopic (exact) mass is 230 g/mol. The van der Waals surface area contributed by atoms with Crippen LogP contribution in [0.2, 0.25) is 0 Å². The number of nitrogens with two attached hydrogens (primary N) is 2. The molecular weight excluding hydrogens is 216 g/mol. The SMILES string of the molecule is C/C(N)=C\Cc1[nH]nc2ccc(C(N)=O)cc12. The van der Waals surface area contributed by atoms with Gasteiger partial charge in [0.05, 0.1) is 5.52 Å². The van der Waals surface area contributed by atoms with Gasteiger partial charge in [0.1, 0.15) is 0 Å². The Hall–Kier alpha value is -2.30. The van der Waals surface area contributed by atoms with Crippen LogP contribution >= 0.6 is 0 Å². The molecule has 0 saturated heterocycles. The number of hydrogen-bond donors (Lipinski definition) is 3. The average Bonchev–Trinajstić information content (AvgIpc) is 2.68. The maximum Gasteiger partial charge on any atom is 0.248 e. The zero-order valence-electron chi connectivity index (χ0n) is 9.53. The van der Waals surface area contributed by atoms with Gasteiger partial charge in [-0.05, 0) is 25.1 Å². The van der Waals surface area contributed by atoms with Crippen LogP contribution < -0.4 is 11.5 Å². The predicted octanol–water partition coefficient (Wildman–Crippen LogP) is 1.07. The Bertz CT molecular complexity index is 594. The van der Waals surface area contributed by atoms with Crippen molar-refractivity contribution in [2.24, 2.45) is 11.5 Å². The lowest BCUT2D eigenvalue weighted by Crippen LogP contribution is -2.10. The summed E-state index contributed by atoms with van der Waals surface area (Å²) in [4.78, 5) is 11.1. The van der Waals surface area contributed by atoms with E-state index in [1.807, 2.05) is 13.0 Å². The van der Waals surface area contributed by atoms with Crippen LogP contribution in [0.25, 0.3) is 10.9 Å². The number of aromatic amines is 1. The first-order valence-electron chi connectivity index (χ1n) is 5.27. The predicted molar refractivity (Wildman–Crippen MR) is 66.3 cm³/mol. The van der Waals surface area contributed by atoms with Gasteiger partial charge < -0.3 is 11.5 Å². The number of H-pyrrole nitrogens is 1. The summed E-state index contributed by atoms with van der Waals surface area (Å²) in [6.45, 7) is 1.83. The molecule has 0 aliphatic carbocycles. The zero-order valence-corrected chi connectivity index (χ0v) is 9.53. The maximum atomic E-state index is 11.1. The summed E-state index contributed by atoms with van der Waals surface area (Å²) >= 11 is 0. The molecule has 2 aromatic rings. The highest BCUT2D eigenvalue weighted by molar-refractivity contribution is 5.97. The Morgan fingerprint density at radius 2 is 2.24 bits per heavy atom. The van der Waals surface area contributed by atoms with E-state index >= 15 is 0 Å². The van der Waals surface area contributed by atoms with E-state index in [-0.39, 0.29) is 0 Å². The topological polar surface area (TPSA) is 97.8 Å². The first kappa shape index (κ1) is 11.2. The van der Waals surface area contributed by atoms with Gasteiger partial charge in [0.2, 0.25) is 5.91 Å².